The molecule has 1 N–H and O–H groups in total. The van der Waals surface area contributed by atoms with E-state index in [4.69, 9.17) is 4.74 Å². The van der Waals surface area contributed by atoms with Crippen molar-refractivity contribution in [1.29, 1.82) is 0 Å². The van der Waals surface area contributed by atoms with Crippen LogP contribution in [0.25, 0.3) is 0 Å². The fourth-order valence-corrected chi connectivity index (χ4v) is 3.04. The molecule has 0 aromatic carbocycles. The Hall–Kier alpha value is -1.54. The van der Waals surface area contributed by atoms with Gasteiger partial charge < -0.3 is 15.0 Å². The van der Waals surface area contributed by atoms with Gasteiger partial charge in [0.25, 0.3) is 11.1 Å². The number of esters is 1. The fourth-order valence-electron chi connectivity index (χ4n) is 1.57. The van der Waals surface area contributed by atoms with Gasteiger partial charge in [-0.1, -0.05) is 17.8 Å². The van der Waals surface area contributed by atoms with E-state index >= 15 is 0 Å². The summed E-state index contributed by atoms with van der Waals surface area (Å²) in [5.41, 5.74) is 0. The summed E-state index contributed by atoms with van der Waals surface area (Å²) in [6, 6.07) is 3.81. The zero-order valence-electron chi connectivity index (χ0n) is 10.7. The van der Waals surface area contributed by atoms with Crippen LogP contribution in [0.1, 0.15) is 4.88 Å². The molecule has 20 heavy (non-hydrogen) atoms. The maximum atomic E-state index is 11.5. The minimum Gasteiger partial charge on any atom is -0.454 e. The first-order valence-corrected chi connectivity index (χ1v) is 7.88. The summed E-state index contributed by atoms with van der Waals surface area (Å²) in [5.74, 6) is -0.228. The molecule has 1 aromatic heterocycles. The van der Waals surface area contributed by atoms with Crippen LogP contribution in [0.5, 0.6) is 0 Å². The summed E-state index contributed by atoms with van der Waals surface area (Å²) in [5, 5.41) is 4.45. The van der Waals surface area contributed by atoms with E-state index in [9.17, 15) is 14.4 Å². The molecule has 0 unspecified atom stereocenters. The number of thioether (sulfide) groups is 1. The molecule has 0 radical (unpaired) electrons. The molecule has 8 heteroatoms. The Kier molecular flexibility index (Phi) is 5.42. The molecule has 1 aliphatic heterocycles. The van der Waals surface area contributed by atoms with E-state index in [1.165, 1.54) is 16.7 Å². The zero-order valence-corrected chi connectivity index (χ0v) is 12.3. The van der Waals surface area contributed by atoms with Gasteiger partial charge in [-0.2, -0.15) is 0 Å². The highest BCUT2D eigenvalue weighted by molar-refractivity contribution is 8.13. The van der Waals surface area contributed by atoms with Crippen molar-refractivity contribution in [3.63, 3.8) is 0 Å². The zero-order chi connectivity index (χ0) is 14.4. The summed E-state index contributed by atoms with van der Waals surface area (Å²) in [7, 11) is 0. The van der Waals surface area contributed by atoms with Crippen LogP contribution in [0, 0.1) is 0 Å². The third-order valence-electron chi connectivity index (χ3n) is 2.57. The lowest BCUT2D eigenvalue weighted by Gasteiger charge is -2.13. The van der Waals surface area contributed by atoms with Crippen LogP contribution >= 0.6 is 23.1 Å². The minimum atomic E-state index is -0.563. The smallest absolute Gasteiger partial charge is 0.326 e. The van der Waals surface area contributed by atoms with Gasteiger partial charge in [-0.3, -0.25) is 14.4 Å². The van der Waals surface area contributed by atoms with Crippen molar-refractivity contribution in [2.24, 2.45) is 0 Å². The number of rotatable bonds is 6. The minimum absolute atomic E-state index is 0.0932. The van der Waals surface area contributed by atoms with Crippen LogP contribution in [0.4, 0.5) is 4.79 Å². The van der Waals surface area contributed by atoms with E-state index in [0.717, 1.165) is 4.88 Å². The Bertz CT molecular complexity index is 490. The van der Waals surface area contributed by atoms with Crippen molar-refractivity contribution in [2.75, 3.05) is 25.4 Å². The van der Waals surface area contributed by atoms with Gasteiger partial charge in [0.05, 0.1) is 6.54 Å². The largest absolute Gasteiger partial charge is 0.454 e. The van der Waals surface area contributed by atoms with Gasteiger partial charge in [0.1, 0.15) is 6.54 Å². The molecule has 1 aromatic rings. The van der Waals surface area contributed by atoms with Gasteiger partial charge in [-0.25, -0.2) is 0 Å². The molecule has 0 bridgehead atoms. The SMILES string of the molecule is O=C(COC(=O)CN1CCSC1=O)NCc1cccs1. The topological polar surface area (TPSA) is 75.7 Å². The Morgan fingerprint density at radius 3 is 2.95 bits per heavy atom. The number of thiophene rings is 1. The number of nitrogens with zero attached hydrogens (tertiary/aromatic N) is 1. The van der Waals surface area contributed by atoms with Crippen molar-refractivity contribution >= 4 is 40.2 Å². The van der Waals surface area contributed by atoms with Crippen molar-refractivity contribution < 1.29 is 19.1 Å². The van der Waals surface area contributed by atoms with Crippen molar-refractivity contribution in [1.82, 2.24) is 10.2 Å². The molecule has 2 rings (SSSR count). The first-order valence-electron chi connectivity index (χ1n) is 6.01. The highest BCUT2D eigenvalue weighted by Crippen LogP contribution is 2.16. The second kappa shape index (κ2) is 7.30. The van der Waals surface area contributed by atoms with Crippen molar-refractivity contribution in [2.45, 2.75) is 6.54 Å². The summed E-state index contributed by atoms with van der Waals surface area (Å²) in [6.07, 6.45) is 0. The maximum absolute atomic E-state index is 11.5. The quantitative estimate of drug-likeness (QED) is 0.795. The molecule has 1 saturated heterocycles. The Labute approximate surface area is 124 Å². The number of nitrogens with one attached hydrogen (secondary N) is 1. The van der Waals surface area contributed by atoms with E-state index in [1.54, 1.807) is 11.3 Å². The lowest BCUT2D eigenvalue weighted by atomic mass is 10.4. The third-order valence-corrected chi connectivity index (χ3v) is 4.34. The predicted molar refractivity (Wildman–Crippen MR) is 76.6 cm³/mol. The summed E-state index contributed by atoms with van der Waals surface area (Å²) in [4.78, 5) is 36.7. The molecule has 6 nitrogen and oxygen atoms in total. The molecule has 2 heterocycles. The van der Waals surface area contributed by atoms with Crippen LogP contribution in [-0.2, 0) is 20.9 Å². The highest BCUT2D eigenvalue weighted by atomic mass is 32.2. The molecule has 2 amide bonds. The molecule has 0 aliphatic carbocycles. The van der Waals surface area contributed by atoms with E-state index < -0.39 is 5.97 Å². The number of amides is 2. The monoisotopic (exact) mass is 314 g/mol. The van der Waals surface area contributed by atoms with Crippen LogP contribution in [0.15, 0.2) is 17.5 Å². The molecule has 1 aliphatic rings. The van der Waals surface area contributed by atoms with E-state index in [2.05, 4.69) is 5.32 Å². The van der Waals surface area contributed by atoms with Crippen LogP contribution < -0.4 is 5.32 Å². The van der Waals surface area contributed by atoms with Crippen molar-refractivity contribution in [3.05, 3.63) is 22.4 Å². The fraction of sp³-hybridized carbons (Fsp3) is 0.417. The van der Waals surface area contributed by atoms with Gasteiger partial charge in [0.2, 0.25) is 0 Å². The second-order valence-electron chi connectivity index (χ2n) is 4.05. The van der Waals surface area contributed by atoms with Gasteiger partial charge in [0.15, 0.2) is 6.61 Å². The summed E-state index contributed by atoms with van der Waals surface area (Å²) < 4.78 is 4.83. The molecule has 0 spiro atoms. The third kappa shape index (κ3) is 4.53. The van der Waals surface area contributed by atoms with Gasteiger partial charge in [0, 0.05) is 17.2 Å². The highest BCUT2D eigenvalue weighted by Gasteiger charge is 2.24. The van der Waals surface area contributed by atoms with E-state index in [1.807, 2.05) is 17.5 Å². The number of carbonyl (C=O) groups excluding carboxylic acids is 3. The average molecular weight is 314 g/mol. The number of hydrogen-bond acceptors (Lipinski definition) is 6. The van der Waals surface area contributed by atoms with E-state index in [0.29, 0.717) is 18.8 Å². The number of ether oxygens (including phenoxy) is 1. The van der Waals surface area contributed by atoms with Crippen LogP contribution in [0.3, 0.4) is 0 Å². The summed E-state index contributed by atoms with van der Waals surface area (Å²) in [6.45, 7) is 0.557. The van der Waals surface area contributed by atoms with Gasteiger partial charge in [-0.15, -0.1) is 11.3 Å². The average Bonchev–Trinajstić information content (AvgIpc) is 3.07. The first kappa shape index (κ1) is 14.9. The molecule has 0 saturated carbocycles. The molecular weight excluding hydrogens is 300 g/mol. The number of carbonyl (C=O) groups is 3. The normalized spacial score (nSPS) is 14.4. The lowest BCUT2D eigenvalue weighted by Crippen LogP contribution is -2.34. The molecule has 0 atom stereocenters. The van der Waals surface area contributed by atoms with Gasteiger partial charge in [-0.05, 0) is 11.4 Å². The molecule has 108 valence electrons. The van der Waals surface area contributed by atoms with Gasteiger partial charge >= 0.3 is 5.97 Å². The first-order chi connectivity index (χ1) is 9.65. The summed E-state index contributed by atoms with van der Waals surface area (Å²) >= 11 is 2.72. The van der Waals surface area contributed by atoms with Crippen LogP contribution in [-0.4, -0.2) is 47.5 Å². The second-order valence-corrected chi connectivity index (χ2v) is 6.13. The van der Waals surface area contributed by atoms with E-state index in [-0.39, 0.29) is 24.3 Å². The molecular formula is C12H14N2O4S2. The van der Waals surface area contributed by atoms with Crippen molar-refractivity contribution in [3.8, 4) is 0 Å². The standard InChI is InChI=1S/C12H14N2O4S2/c15-10(13-6-9-2-1-4-19-9)8-18-11(16)7-14-3-5-20-12(14)17/h1-2,4H,3,5-8H2,(H,13,15). The molecule has 1 fully saturated rings. The maximum Gasteiger partial charge on any atom is 0.326 e. The Morgan fingerprint density at radius 2 is 2.30 bits per heavy atom. The lowest BCUT2D eigenvalue weighted by molar-refractivity contribution is -0.148. The van der Waals surface area contributed by atoms with Crippen LogP contribution in [0.2, 0.25) is 0 Å². The predicted octanol–water partition coefficient (Wildman–Crippen LogP) is 1.08. The Balaban J connectivity index is 1.62. The Morgan fingerprint density at radius 1 is 1.45 bits per heavy atom. The number of hydrogen-bond donors (Lipinski definition) is 1.